The number of ether oxygens (including phenoxy) is 1. The Hall–Kier alpha value is -2.15. The number of aryl methyl sites for hydroxylation is 2. The molecule has 25 heavy (non-hydrogen) atoms. The van der Waals surface area contributed by atoms with Crippen molar-refractivity contribution in [1.29, 1.82) is 0 Å². The average Bonchev–Trinajstić information content (AvgIpc) is 2.54. The molecule has 0 saturated heterocycles. The van der Waals surface area contributed by atoms with Crippen molar-refractivity contribution in [1.82, 2.24) is 14.9 Å². The molecule has 0 fully saturated rings. The maximum atomic E-state index is 12.8. The first-order chi connectivity index (χ1) is 11.9. The maximum Gasteiger partial charge on any atom is 0.257 e. The first-order valence-electron chi connectivity index (χ1n) is 8.18. The highest BCUT2D eigenvalue weighted by molar-refractivity contribution is 9.10. The zero-order valence-electron chi connectivity index (χ0n) is 15.0. The predicted octanol–water partition coefficient (Wildman–Crippen LogP) is 3.50. The predicted molar refractivity (Wildman–Crippen MR) is 102 cm³/mol. The van der Waals surface area contributed by atoms with Crippen LogP contribution in [-0.4, -0.2) is 33.9 Å². The van der Waals surface area contributed by atoms with Crippen molar-refractivity contribution in [3.8, 4) is 5.75 Å². The molecule has 1 aromatic carbocycles. The summed E-state index contributed by atoms with van der Waals surface area (Å²) in [5.41, 5.74) is 8.42. The summed E-state index contributed by atoms with van der Waals surface area (Å²) in [6, 6.07) is 5.81. The van der Waals surface area contributed by atoms with Gasteiger partial charge in [0.1, 0.15) is 12.4 Å². The van der Waals surface area contributed by atoms with E-state index < -0.39 is 0 Å². The van der Waals surface area contributed by atoms with E-state index >= 15 is 0 Å². The quantitative estimate of drug-likeness (QED) is 0.793. The minimum absolute atomic E-state index is 0.107. The standard InChI is InChI=1S/C18H23BrN4O2/c1-5-23(6-2)17(24)16-12(4)21-18(20)22-14(16)10-25-15-8-7-11(3)9-13(15)19/h7-9H,5-6,10H2,1-4H3,(H2,20,21,22). The van der Waals surface area contributed by atoms with Crippen LogP contribution in [0.4, 0.5) is 5.95 Å². The number of nitrogen functional groups attached to an aromatic ring is 1. The number of carbonyl (C=O) groups is 1. The van der Waals surface area contributed by atoms with E-state index in [1.54, 1.807) is 11.8 Å². The number of hydrogen-bond donors (Lipinski definition) is 1. The van der Waals surface area contributed by atoms with Gasteiger partial charge in [0.25, 0.3) is 5.91 Å². The maximum absolute atomic E-state index is 12.8. The van der Waals surface area contributed by atoms with Crippen LogP contribution in [0.1, 0.15) is 41.2 Å². The zero-order chi connectivity index (χ0) is 18.6. The van der Waals surface area contributed by atoms with Crippen LogP contribution in [0.5, 0.6) is 5.75 Å². The van der Waals surface area contributed by atoms with Crippen LogP contribution in [0.3, 0.4) is 0 Å². The number of hydrogen-bond acceptors (Lipinski definition) is 5. The highest BCUT2D eigenvalue weighted by atomic mass is 79.9. The van der Waals surface area contributed by atoms with Crippen LogP contribution >= 0.6 is 15.9 Å². The molecule has 0 atom stereocenters. The summed E-state index contributed by atoms with van der Waals surface area (Å²) in [4.78, 5) is 22.9. The molecule has 1 aromatic heterocycles. The highest BCUT2D eigenvalue weighted by Crippen LogP contribution is 2.27. The summed E-state index contributed by atoms with van der Waals surface area (Å²) in [5.74, 6) is 0.709. The topological polar surface area (TPSA) is 81.3 Å². The molecule has 0 spiro atoms. The van der Waals surface area contributed by atoms with Crippen molar-refractivity contribution >= 4 is 27.8 Å². The molecule has 2 aromatic rings. The van der Waals surface area contributed by atoms with Gasteiger partial charge in [-0.3, -0.25) is 4.79 Å². The molecule has 7 heteroatoms. The van der Waals surface area contributed by atoms with Gasteiger partial charge in [-0.2, -0.15) is 0 Å². The van der Waals surface area contributed by atoms with Gasteiger partial charge in [0.05, 0.1) is 21.4 Å². The van der Waals surface area contributed by atoms with Gasteiger partial charge in [-0.15, -0.1) is 0 Å². The first kappa shape index (κ1) is 19.2. The fourth-order valence-corrected chi connectivity index (χ4v) is 3.18. The smallest absolute Gasteiger partial charge is 0.257 e. The second-order valence-corrected chi connectivity index (χ2v) is 6.54. The molecule has 0 aliphatic heterocycles. The van der Waals surface area contributed by atoms with Gasteiger partial charge in [-0.1, -0.05) is 6.07 Å². The third kappa shape index (κ3) is 4.48. The molecular formula is C18H23BrN4O2. The summed E-state index contributed by atoms with van der Waals surface area (Å²) in [6.45, 7) is 9.01. The molecule has 1 amide bonds. The van der Waals surface area contributed by atoms with E-state index in [1.807, 2.05) is 39.0 Å². The number of aromatic nitrogens is 2. The van der Waals surface area contributed by atoms with E-state index in [0.717, 1.165) is 10.0 Å². The highest BCUT2D eigenvalue weighted by Gasteiger charge is 2.22. The average molecular weight is 407 g/mol. The van der Waals surface area contributed by atoms with E-state index in [1.165, 1.54) is 0 Å². The van der Waals surface area contributed by atoms with Gasteiger partial charge in [0.2, 0.25) is 5.95 Å². The largest absolute Gasteiger partial charge is 0.486 e. The van der Waals surface area contributed by atoms with Crippen molar-refractivity contribution < 1.29 is 9.53 Å². The molecular weight excluding hydrogens is 384 g/mol. The molecule has 2 rings (SSSR count). The number of benzene rings is 1. The normalized spacial score (nSPS) is 10.6. The van der Waals surface area contributed by atoms with Crippen molar-refractivity contribution in [2.45, 2.75) is 34.3 Å². The lowest BCUT2D eigenvalue weighted by atomic mass is 10.1. The molecule has 2 N–H and O–H groups in total. The Morgan fingerprint density at radius 1 is 1.24 bits per heavy atom. The summed E-state index contributed by atoms with van der Waals surface area (Å²) < 4.78 is 6.71. The number of rotatable bonds is 6. The molecule has 0 saturated carbocycles. The van der Waals surface area contributed by atoms with Crippen LogP contribution in [0.15, 0.2) is 22.7 Å². The summed E-state index contributed by atoms with van der Waals surface area (Å²) in [5, 5.41) is 0. The van der Waals surface area contributed by atoms with Crippen molar-refractivity contribution in [2.24, 2.45) is 0 Å². The van der Waals surface area contributed by atoms with Gasteiger partial charge < -0.3 is 15.4 Å². The number of nitrogens with zero attached hydrogens (tertiary/aromatic N) is 3. The van der Waals surface area contributed by atoms with Crippen molar-refractivity contribution in [2.75, 3.05) is 18.8 Å². The molecule has 134 valence electrons. The molecule has 0 aliphatic rings. The number of nitrogens with two attached hydrogens (primary N) is 1. The molecule has 0 aliphatic carbocycles. The van der Waals surface area contributed by atoms with E-state index in [9.17, 15) is 4.79 Å². The summed E-state index contributed by atoms with van der Waals surface area (Å²) >= 11 is 3.49. The van der Waals surface area contributed by atoms with Gasteiger partial charge in [0.15, 0.2) is 0 Å². The van der Waals surface area contributed by atoms with E-state index in [2.05, 4.69) is 25.9 Å². The SMILES string of the molecule is CCN(CC)C(=O)c1c(C)nc(N)nc1COc1ccc(C)cc1Br. The minimum Gasteiger partial charge on any atom is -0.486 e. The van der Waals surface area contributed by atoms with Gasteiger partial charge >= 0.3 is 0 Å². The minimum atomic E-state index is -0.107. The summed E-state index contributed by atoms with van der Waals surface area (Å²) in [6.07, 6.45) is 0. The van der Waals surface area contributed by atoms with Crippen LogP contribution in [0.25, 0.3) is 0 Å². The Morgan fingerprint density at radius 2 is 1.92 bits per heavy atom. The third-order valence-corrected chi connectivity index (χ3v) is 4.52. The number of anilines is 1. The van der Waals surface area contributed by atoms with Crippen molar-refractivity contribution in [3.05, 3.63) is 45.2 Å². The number of amides is 1. The lowest BCUT2D eigenvalue weighted by Gasteiger charge is -2.21. The Morgan fingerprint density at radius 3 is 2.52 bits per heavy atom. The third-order valence-electron chi connectivity index (χ3n) is 3.90. The van der Waals surface area contributed by atoms with Gasteiger partial charge in [0, 0.05) is 13.1 Å². The van der Waals surface area contributed by atoms with Gasteiger partial charge in [-0.25, -0.2) is 9.97 Å². The number of carbonyl (C=O) groups excluding carboxylic acids is 1. The van der Waals surface area contributed by atoms with E-state index in [-0.39, 0.29) is 18.5 Å². The Kier molecular flexibility index (Phi) is 6.36. The molecule has 0 unspecified atom stereocenters. The lowest BCUT2D eigenvalue weighted by Crippen LogP contribution is -2.32. The van der Waals surface area contributed by atoms with Crippen LogP contribution < -0.4 is 10.5 Å². The molecule has 0 radical (unpaired) electrons. The molecule has 1 heterocycles. The first-order valence-corrected chi connectivity index (χ1v) is 8.97. The fraction of sp³-hybridized carbons (Fsp3) is 0.389. The number of halogens is 1. The van der Waals surface area contributed by atoms with Crippen LogP contribution in [0.2, 0.25) is 0 Å². The van der Waals surface area contributed by atoms with Crippen LogP contribution in [0, 0.1) is 13.8 Å². The van der Waals surface area contributed by atoms with E-state index in [0.29, 0.717) is 35.8 Å². The van der Waals surface area contributed by atoms with Crippen molar-refractivity contribution in [3.63, 3.8) is 0 Å². The summed E-state index contributed by atoms with van der Waals surface area (Å²) in [7, 11) is 0. The van der Waals surface area contributed by atoms with Gasteiger partial charge in [-0.05, 0) is 61.3 Å². The lowest BCUT2D eigenvalue weighted by molar-refractivity contribution is 0.0768. The Balaban J connectivity index is 2.34. The second kappa shape index (κ2) is 8.29. The van der Waals surface area contributed by atoms with E-state index in [4.69, 9.17) is 10.5 Å². The molecule has 0 bridgehead atoms. The zero-order valence-corrected chi connectivity index (χ0v) is 16.6. The Bertz CT molecular complexity index is 776. The molecule has 6 nitrogen and oxygen atoms in total. The Labute approximate surface area is 156 Å². The second-order valence-electron chi connectivity index (χ2n) is 5.69. The fourth-order valence-electron chi connectivity index (χ4n) is 2.58. The van der Waals surface area contributed by atoms with Crippen LogP contribution in [-0.2, 0) is 6.61 Å². The monoisotopic (exact) mass is 406 g/mol.